The lowest BCUT2D eigenvalue weighted by molar-refractivity contribution is -0.140. The summed E-state index contributed by atoms with van der Waals surface area (Å²) in [5.74, 6) is -1.56. The minimum atomic E-state index is -0.925. The minimum Gasteiger partial charge on any atom is -0.454 e. The van der Waals surface area contributed by atoms with Gasteiger partial charge in [0.15, 0.2) is 11.5 Å². The molecule has 11 heteroatoms. The van der Waals surface area contributed by atoms with Gasteiger partial charge in [-0.2, -0.15) is 0 Å². The zero-order valence-electron chi connectivity index (χ0n) is 23.5. The molecule has 0 radical (unpaired) electrons. The largest absolute Gasteiger partial charge is 0.454 e. The van der Waals surface area contributed by atoms with Gasteiger partial charge in [-0.25, -0.2) is 4.98 Å². The predicted octanol–water partition coefficient (Wildman–Crippen LogP) is 4.76. The van der Waals surface area contributed by atoms with Crippen molar-refractivity contribution in [2.75, 3.05) is 23.6 Å². The zero-order chi connectivity index (χ0) is 30.1. The highest BCUT2D eigenvalue weighted by Crippen LogP contribution is 2.35. The van der Waals surface area contributed by atoms with E-state index in [1.165, 1.54) is 21.1 Å². The number of nitrogens with one attached hydrogen (secondary N) is 1. The molecule has 0 fully saturated rings. The average Bonchev–Trinajstić information content (AvgIpc) is 3.73. The fourth-order valence-corrected chi connectivity index (χ4v) is 6.04. The summed E-state index contributed by atoms with van der Waals surface area (Å²) in [4.78, 5) is 60.8. The monoisotopic (exact) mass is 596 g/mol. The number of fused-ring (bicyclic) bond motifs is 2. The third kappa shape index (κ3) is 5.59. The molecule has 218 valence electrons. The molecule has 2 aliphatic heterocycles. The molecule has 3 amide bonds. The molecule has 2 aliphatic rings. The van der Waals surface area contributed by atoms with Crippen LogP contribution in [0.3, 0.4) is 0 Å². The first kappa shape index (κ1) is 28.1. The molecule has 1 aromatic heterocycles. The molecule has 0 unspecified atom stereocenters. The Kier molecular flexibility index (Phi) is 7.64. The van der Waals surface area contributed by atoms with Gasteiger partial charge in [0.1, 0.15) is 17.6 Å². The Balaban J connectivity index is 1.31. The Bertz CT molecular complexity index is 1720. The number of aromatic nitrogens is 1. The molecule has 0 saturated heterocycles. The number of nitrogens with zero attached hydrogens (tertiary/aromatic N) is 3. The van der Waals surface area contributed by atoms with Crippen molar-refractivity contribution in [1.82, 2.24) is 9.88 Å². The Morgan fingerprint density at radius 2 is 1.74 bits per heavy atom. The predicted molar refractivity (Wildman–Crippen MR) is 161 cm³/mol. The highest BCUT2D eigenvalue weighted by Gasteiger charge is 2.40. The highest BCUT2D eigenvalue weighted by molar-refractivity contribution is 7.09. The molecule has 0 aliphatic carbocycles. The summed E-state index contributed by atoms with van der Waals surface area (Å²) in [6.07, 6.45) is 0. The van der Waals surface area contributed by atoms with Crippen LogP contribution in [-0.2, 0) is 20.9 Å². The number of ether oxygens (including phenoxy) is 2. The first-order valence-electron chi connectivity index (χ1n) is 13.7. The van der Waals surface area contributed by atoms with Crippen molar-refractivity contribution in [2.24, 2.45) is 5.92 Å². The van der Waals surface area contributed by atoms with E-state index in [9.17, 15) is 19.2 Å². The van der Waals surface area contributed by atoms with Crippen LogP contribution in [0.2, 0.25) is 0 Å². The standard InChI is InChI=1S/C32H28N4O6S/c1-19(2)29(31(39)33-21-12-13-25-26(14-21)42-18-41-25)36(15-27-34-23(17-43-27)20-8-4-3-5-9-20)28(37)16-35-24-11-7-6-10-22(24)30(38)32(35)40/h3-14,17,19,29H,15-16,18H2,1-2H3,(H,33,39)/t29-/m0/s1. The number of carbonyl (C=O) groups is 4. The molecule has 1 atom stereocenters. The summed E-state index contributed by atoms with van der Waals surface area (Å²) in [6.45, 7) is 3.43. The zero-order valence-corrected chi connectivity index (χ0v) is 24.3. The van der Waals surface area contributed by atoms with Gasteiger partial charge in [-0.1, -0.05) is 56.3 Å². The Morgan fingerprint density at radius 3 is 2.53 bits per heavy atom. The smallest absolute Gasteiger partial charge is 0.299 e. The first-order chi connectivity index (χ1) is 20.8. The van der Waals surface area contributed by atoms with Crippen LogP contribution in [0, 0.1) is 5.92 Å². The number of hydrogen-bond acceptors (Lipinski definition) is 8. The van der Waals surface area contributed by atoms with E-state index >= 15 is 0 Å². The number of Topliss-reactive ketones (excluding diaryl/α,β-unsaturated/α-hetero) is 1. The summed E-state index contributed by atoms with van der Waals surface area (Å²) in [5, 5.41) is 5.44. The van der Waals surface area contributed by atoms with Gasteiger partial charge in [0.25, 0.3) is 11.7 Å². The van der Waals surface area contributed by atoms with Crippen LogP contribution in [-0.4, -0.2) is 52.8 Å². The molecule has 0 spiro atoms. The third-order valence-electron chi connectivity index (χ3n) is 7.30. The van der Waals surface area contributed by atoms with E-state index < -0.39 is 36.1 Å². The lowest BCUT2D eigenvalue weighted by atomic mass is 10.0. The van der Waals surface area contributed by atoms with E-state index in [1.807, 2.05) is 49.6 Å². The maximum atomic E-state index is 14.1. The Morgan fingerprint density at radius 1 is 1.00 bits per heavy atom. The number of anilines is 2. The van der Waals surface area contributed by atoms with Crippen molar-refractivity contribution >= 4 is 46.2 Å². The normalized spacial score (nSPS) is 14.2. The molecule has 3 heterocycles. The van der Waals surface area contributed by atoms with E-state index in [0.717, 1.165) is 11.3 Å². The van der Waals surface area contributed by atoms with Crippen LogP contribution >= 0.6 is 11.3 Å². The van der Waals surface area contributed by atoms with Crippen LogP contribution in [0.15, 0.2) is 78.2 Å². The summed E-state index contributed by atoms with van der Waals surface area (Å²) in [6, 6.07) is 20.4. The summed E-state index contributed by atoms with van der Waals surface area (Å²) < 4.78 is 10.8. The lowest BCUT2D eigenvalue weighted by Gasteiger charge is -2.34. The average molecular weight is 597 g/mol. The number of thiazole rings is 1. The fourth-order valence-electron chi connectivity index (χ4n) is 5.24. The number of benzene rings is 3. The van der Waals surface area contributed by atoms with E-state index in [0.29, 0.717) is 27.9 Å². The van der Waals surface area contributed by atoms with E-state index in [1.54, 1.807) is 42.5 Å². The second kappa shape index (κ2) is 11.7. The van der Waals surface area contributed by atoms with Crippen molar-refractivity contribution in [2.45, 2.75) is 26.4 Å². The van der Waals surface area contributed by atoms with Crippen LogP contribution < -0.4 is 19.7 Å². The molecular formula is C32H28N4O6S. The molecule has 1 N–H and O–H groups in total. The number of rotatable bonds is 9. The molecule has 43 heavy (non-hydrogen) atoms. The molecular weight excluding hydrogens is 568 g/mol. The van der Waals surface area contributed by atoms with E-state index in [2.05, 4.69) is 5.32 Å². The molecule has 6 rings (SSSR count). The van der Waals surface area contributed by atoms with E-state index in [-0.39, 0.29) is 24.8 Å². The van der Waals surface area contributed by atoms with Crippen LogP contribution in [0.4, 0.5) is 11.4 Å². The number of carbonyl (C=O) groups excluding carboxylic acids is 4. The Hall–Kier alpha value is -5.03. The van der Waals surface area contributed by atoms with Gasteiger partial charge in [0.05, 0.1) is 23.5 Å². The van der Waals surface area contributed by atoms with Gasteiger partial charge in [-0.05, 0) is 30.2 Å². The third-order valence-corrected chi connectivity index (χ3v) is 8.13. The second-order valence-electron chi connectivity index (χ2n) is 10.5. The lowest BCUT2D eigenvalue weighted by Crippen LogP contribution is -2.53. The van der Waals surface area contributed by atoms with Gasteiger partial charge in [-0.3, -0.25) is 24.1 Å². The molecule has 0 saturated carbocycles. The van der Waals surface area contributed by atoms with Crippen molar-refractivity contribution < 1.29 is 28.7 Å². The maximum absolute atomic E-state index is 14.1. The molecule has 4 aromatic rings. The van der Waals surface area contributed by atoms with Gasteiger partial charge >= 0.3 is 0 Å². The Labute approximate surface area is 251 Å². The number of para-hydroxylation sites is 1. The van der Waals surface area contributed by atoms with Crippen molar-refractivity contribution in [3.05, 3.63) is 88.7 Å². The maximum Gasteiger partial charge on any atom is 0.299 e. The van der Waals surface area contributed by atoms with Crippen LogP contribution in [0.5, 0.6) is 11.5 Å². The molecule has 3 aromatic carbocycles. The second-order valence-corrected chi connectivity index (χ2v) is 11.4. The van der Waals surface area contributed by atoms with Crippen molar-refractivity contribution in [3.8, 4) is 22.8 Å². The highest BCUT2D eigenvalue weighted by atomic mass is 32.1. The first-order valence-corrected chi connectivity index (χ1v) is 14.6. The summed E-state index contributed by atoms with van der Waals surface area (Å²) in [7, 11) is 0. The van der Waals surface area contributed by atoms with Gasteiger partial charge in [-0.15, -0.1) is 11.3 Å². The molecule has 0 bridgehead atoms. The number of hydrogen-bond donors (Lipinski definition) is 1. The summed E-state index contributed by atoms with van der Waals surface area (Å²) >= 11 is 1.38. The van der Waals surface area contributed by atoms with Gasteiger partial charge < -0.3 is 19.7 Å². The van der Waals surface area contributed by atoms with Gasteiger partial charge in [0.2, 0.25) is 18.6 Å². The van der Waals surface area contributed by atoms with Crippen LogP contribution in [0.1, 0.15) is 29.2 Å². The topological polar surface area (TPSA) is 118 Å². The molecule has 10 nitrogen and oxygen atoms in total. The SMILES string of the molecule is CC(C)[C@@H](C(=O)Nc1ccc2c(c1)OCO2)N(Cc1nc(-c2ccccc2)cs1)C(=O)CN1C(=O)C(=O)c2ccccc21. The summed E-state index contributed by atoms with van der Waals surface area (Å²) in [5.41, 5.74) is 2.80. The van der Waals surface area contributed by atoms with Crippen molar-refractivity contribution in [1.29, 1.82) is 0 Å². The van der Waals surface area contributed by atoms with Crippen molar-refractivity contribution in [3.63, 3.8) is 0 Å². The van der Waals surface area contributed by atoms with Crippen LogP contribution in [0.25, 0.3) is 11.3 Å². The quantitative estimate of drug-likeness (QED) is 0.277. The number of amides is 3. The minimum absolute atomic E-state index is 0.0331. The van der Waals surface area contributed by atoms with Gasteiger partial charge in [0, 0.05) is 22.7 Å². The van der Waals surface area contributed by atoms with E-state index in [4.69, 9.17) is 14.5 Å². The number of ketones is 1. The fraction of sp³-hybridized carbons (Fsp3) is 0.219.